The van der Waals surface area contributed by atoms with Gasteiger partial charge < -0.3 is 0 Å². The number of nitrogens with zero attached hydrogens (tertiary/aromatic N) is 3. The summed E-state index contributed by atoms with van der Waals surface area (Å²) in [6.45, 7) is 0. The van der Waals surface area contributed by atoms with Crippen molar-refractivity contribution < 1.29 is 4.79 Å². The Morgan fingerprint density at radius 2 is 1.88 bits per heavy atom. The molecule has 0 aliphatic heterocycles. The van der Waals surface area contributed by atoms with Crippen LogP contribution in [0.1, 0.15) is 10.4 Å². The molecule has 0 unspecified atom stereocenters. The van der Waals surface area contributed by atoms with E-state index >= 15 is 0 Å². The molecule has 0 fully saturated rings. The minimum absolute atomic E-state index is 0.188. The maximum absolute atomic E-state index is 12.4. The van der Waals surface area contributed by atoms with E-state index in [1.807, 2.05) is 11.4 Å². The third kappa shape index (κ3) is 3.17. The molecule has 2 aromatic heterocycles. The predicted molar refractivity (Wildman–Crippen MR) is 106 cm³/mol. The Balaban J connectivity index is 1.68. The molecule has 5 nitrogen and oxygen atoms in total. The number of fused-ring (bicyclic) bond motifs is 1. The third-order valence-electron chi connectivity index (χ3n) is 3.63. The van der Waals surface area contributed by atoms with Crippen molar-refractivity contribution in [1.29, 1.82) is 0 Å². The fourth-order valence-electron chi connectivity index (χ4n) is 2.43. The van der Waals surface area contributed by atoms with Crippen LogP contribution in [0.3, 0.4) is 0 Å². The lowest BCUT2D eigenvalue weighted by atomic mass is 10.2. The highest BCUT2D eigenvalue weighted by Crippen LogP contribution is 2.33. The van der Waals surface area contributed by atoms with Gasteiger partial charge in [-0.25, -0.2) is 4.52 Å². The van der Waals surface area contributed by atoms with E-state index in [1.165, 1.54) is 11.3 Å². The highest BCUT2D eigenvalue weighted by atomic mass is 35.5. The maximum Gasteiger partial charge on any atom is 0.259 e. The number of hydrogen-bond acceptors (Lipinski definition) is 4. The first-order valence-corrected chi connectivity index (χ1v) is 9.40. The lowest BCUT2D eigenvalue weighted by molar-refractivity contribution is 0.102. The van der Waals surface area contributed by atoms with Crippen molar-refractivity contribution in [1.82, 2.24) is 14.6 Å². The zero-order valence-electron chi connectivity index (χ0n) is 12.9. The van der Waals surface area contributed by atoms with Crippen LogP contribution in [-0.2, 0) is 0 Å². The van der Waals surface area contributed by atoms with Gasteiger partial charge in [-0.15, -0.1) is 16.4 Å². The number of amides is 1. The molecule has 130 valence electrons. The molecule has 0 spiro atoms. The molecule has 0 aliphatic carbocycles. The van der Waals surface area contributed by atoms with Crippen LogP contribution in [0.5, 0.6) is 0 Å². The zero-order chi connectivity index (χ0) is 18.3. The van der Waals surface area contributed by atoms with E-state index in [2.05, 4.69) is 15.4 Å². The van der Waals surface area contributed by atoms with Gasteiger partial charge >= 0.3 is 0 Å². The van der Waals surface area contributed by atoms with E-state index in [-0.39, 0.29) is 11.9 Å². The Morgan fingerprint density at radius 1 is 1.08 bits per heavy atom. The molecule has 0 saturated carbocycles. The molecule has 1 amide bonds. The molecule has 0 atom stereocenters. The summed E-state index contributed by atoms with van der Waals surface area (Å²) in [6.07, 6.45) is 0. The van der Waals surface area contributed by atoms with Crippen molar-refractivity contribution in [2.75, 3.05) is 5.32 Å². The number of thiazole rings is 1. The van der Waals surface area contributed by atoms with E-state index in [0.29, 0.717) is 25.6 Å². The smallest absolute Gasteiger partial charge is 0.259 e. The molecule has 1 N–H and O–H groups in total. The van der Waals surface area contributed by atoms with E-state index in [1.54, 1.807) is 40.9 Å². The Labute approximate surface area is 167 Å². The maximum atomic E-state index is 12.4. The SMILES string of the molecule is O=C(Nc1nc2scc(-c3ccc(Cl)cc3Cl)n2n1)c1ccccc1Cl. The number of rotatable bonds is 3. The number of nitrogens with one attached hydrogen (secondary N) is 1. The first kappa shape index (κ1) is 17.3. The van der Waals surface area contributed by atoms with Crippen molar-refractivity contribution in [3.05, 3.63) is 68.5 Å². The molecule has 0 radical (unpaired) electrons. The summed E-state index contributed by atoms with van der Waals surface area (Å²) in [5, 5.41) is 10.3. The fraction of sp³-hybridized carbons (Fsp3) is 0. The Morgan fingerprint density at radius 3 is 2.65 bits per heavy atom. The monoisotopic (exact) mass is 422 g/mol. The molecular formula is C17H9Cl3N4OS. The first-order valence-electron chi connectivity index (χ1n) is 7.38. The fourth-order valence-corrected chi connectivity index (χ4v) is 3.98. The van der Waals surface area contributed by atoms with Crippen LogP contribution in [0, 0.1) is 0 Å². The highest BCUT2D eigenvalue weighted by molar-refractivity contribution is 7.15. The van der Waals surface area contributed by atoms with Gasteiger partial charge in [0.05, 0.1) is 21.3 Å². The summed E-state index contributed by atoms with van der Waals surface area (Å²) in [5.74, 6) is -0.187. The van der Waals surface area contributed by atoms with Gasteiger partial charge in [0.2, 0.25) is 4.96 Å². The molecule has 4 rings (SSSR count). The quantitative estimate of drug-likeness (QED) is 0.462. The number of carbonyl (C=O) groups excluding carboxylic acids is 1. The summed E-state index contributed by atoms with van der Waals surface area (Å²) >= 11 is 19.7. The second kappa shape index (κ2) is 6.89. The average molecular weight is 424 g/mol. The Bertz CT molecular complexity index is 1140. The highest BCUT2D eigenvalue weighted by Gasteiger charge is 2.17. The second-order valence-corrected chi connectivity index (χ2v) is 7.40. The van der Waals surface area contributed by atoms with Gasteiger partial charge in [-0.2, -0.15) is 4.98 Å². The lowest BCUT2D eigenvalue weighted by Crippen LogP contribution is -2.13. The molecule has 0 bridgehead atoms. The van der Waals surface area contributed by atoms with Gasteiger partial charge in [0.15, 0.2) is 0 Å². The molecule has 0 aliphatic rings. The molecule has 9 heteroatoms. The van der Waals surface area contributed by atoms with Crippen molar-refractivity contribution in [3.8, 4) is 11.3 Å². The Kier molecular flexibility index (Phi) is 4.58. The number of anilines is 1. The van der Waals surface area contributed by atoms with Crippen molar-refractivity contribution in [3.63, 3.8) is 0 Å². The van der Waals surface area contributed by atoms with Crippen molar-refractivity contribution in [2.45, 2.75) is 0 Å². The largest absolute Gasteiger partial charge is 0.289 e. The first-order chi connectivity index (χ1) is 12.5. The van der Waals surface area contributed by atoms with Gasteiger partial charge in [0, 0.05) is 16.0 Å². The van der Waals surface area contributed by atoms with E-state index in [9.17, 15) is 4.79 Å². The van der Waals surface area contributed by atoms with Crippen LogP contribution in [0.25, 0.3) is 16.2 Å². The molecule has 2 aromatic carbocycles. The van der Waals surface area contributed by atoms with Crippen LogP contribution in [-0.4, -0.2) is 20.5 Å². The van der Waals surface area contributed by atoms with Crippen LogP contribution in [0.15, 0.2) is 47.8 Å². The van der Waals surface area contributed by atoms with Gasteiger partial charge in [0.25, 0.3) is 11.9 Å². The number of aromatic nitrogens is 3. The summed E-state index contributed by atoms with van der Waals surface area (Å²) < 4.78 is 1.63. The summed E-state index contributed by atoms with van der Waals surface area (Å²) in [4.78, 5) is 17.3. The summed E-state index contributed by atoms with van der Waals surface area (Å²) in [7, 11) is 0. The zero-order valence-corrected chi connectivity index (χ0v) is 16.0. The van der Waals surface area contributed by atoms with E-state index < -0.39 is 0 Å². The lowest BCUT2D eigenvalue weighted by Gasteiger charge is -2.03. The molecular weight excluding hydrogens is 415 g/mol. The topological polar surface area (TPSA) is 59.3 Å². The number of hydrogen-bond donors (Lipinski definition) is 1. The van der Waals surface area contributed by atoms with Crippen molar-refractivity contribution in [2.24, 2.45) is 0 Å². The molecule has 4 aromatic rings. The van der Waals surface area contributed by atoms with Crippen LogP contribution < -0.4 is 5.32 Å². The van der Waals surface area contributed by atoms with Gasteiger partial charge in [-0.1, -0.05) is 46.9 Å². The summed E-state index contributed by atoms with van der Waals surface area (Å²) in [6, 6.07) is 12.0. The standard InChI is InChI=1S/C17H9Cl3N4OS/c18-9-5-6-10(13(20)7-9)14-8-26-17-22-16(23-24(14)17)21-15(25)11-3-1-2-4-12(11)19/h1-8H,(H,21,23,25). The van der Waals surface area contributed by atoms with Crippen LogP contribution in [0.2, 0.25) is 15.1 Å². The molecule has 0 saturated heterocycles. The number of benzene rings is 2. The number of halogens is 3. The normalized spacial score (nSPS) is 11.0. The molecule has 26 heavy (non-hydrogen) atoms. The van der Waals surface area contributed by atoms with Gasteiger partial charge in [-0.05, 0) is 30.3 Å². The number of carbonyl (C=O) groups is 1. The molecule has 2 heterocycles. The van der Waals surface area contributed by atoms with Crippen LogP contribution in [0.4, 0.5) is 5.95 Å². The van der Waals surface area contributed by atoms with E-state index in [0.717, 1.165) is 11.3 Å². The van der Waals surface area contributed by atoms with Gasteiger partial charge in [-0.3, -0.25) is 10.1 Å². The van der Waals surface area contributed by atoms with Crippen LogP contribution >= 0.6 is 46.1 Å². The second-order valence-electron chi connectivity index (χ2n) is 5.31. The minimum atomic E-state index is -0.375. The minimum Gasteiger partial charge on any atom is -0.289 e. The third-order valence-corrected chi connectivity index (χ3v) is 5.33. The van der Waals surface area contributed by atoms with E-state index in [4.69, 9.17) is 34.8 Å². The van der Waals surface area contributed by atoms with Gasteiger partial charge in [0.1, 0.15) is 0 Å². The van der Waals surface area contributed by atoms with Crippen molar-refractivity contribution >= 4 is 63.0 Å². The predicted octanol–water partition coefficient (Wildman–Crippen LogP) is 5.67. The summed E-state index contributed by atoms with van der Waals surface area (Å²) in [5.41, 5.74) is 1.89. The Hall–Kier alpha value is -2.12. The average Bonchev–Trinajstić information content (AvgIpc) is 3.16.